The summed E-state index contributed by atoms with van der Waals surface area (Å²) in [6.07, 6.45) is 6.56. The number of aliphatic imine (C=N–C) groups is 2. The van der Waals surface area contributed by atoms with Gasteiger partial charge in [-0.3, -0.25) is 4.90 Å². The van der Waals surface area contributed by atoms with Crippen LogP contribution in [-0.2, 0) is 4.74 Å². The minimum absolute atomic E-state index is 0.0555. The second-order valence-corrected chi connectivity index (χ2v) is 7.19. The number of ether oxygens (including phenoxy) is 1. The van der Waals surface area contributed by atoms with Gasteiger partial charge in [-0.15, -0.1) is 0 Å². The van der Waals surface area contributed by atoms with Crippen molar-refractivity contribution in [1.29, 1.82) is 0 Å². The lowest BCUT2D eigenvalue weighted by molar-refractivity contribution is -0.0549. The lowest BCUT2D eigenvalue weighted by Gasteiger charge is -2.45. The van der Waals surface area contributed by atoms with Crippen LogP contribution in [0.25, 0.3) is 11.0 Å². The van der Waals surface area contributed by atoms with Gasteiger partial charge in [-0.1, -0.05) is 0 Å². The number of H-pyrrole nitrogens is 1. The van der Waals surface area contributed by atoms with Gasteiger partial charge in [-0.25, -0.2) is 15.0 Å². The van der Waals surface area contributed by atoms with Crippen molar-refractivity contribution in [3.63, 3.8) is 0 Å². The number of aromatic nitrogens is 2. The molecule has 140 valence electrons. The lowest BCUT2D eigenvalue weighted by Crippen LogP contribution is -2.56. The van der Waals surface area contributed by atoms with Gasteiger partial charge in [0.2, 0.25) is 0 Å². The Kier molecular flexibility index (Phi) is 4.06. The maximum atomic E-state index is 5.65. The summed E-state index contributed by atoms with van der Waals surface area (Å²) in [7, 11) is 0. The SMILES string of the molecule is CCN1C2=C(CC=N2)C(c2ccnc3[nH]ccc23)=N[C@H]1N1CCOCC1C. The first-order valence-electron chi connectivity index (χ1n) is 9.64. The van der Waals surface area contributed by atoms with Crippen LogP contribution in [0.5, 0.6) is 0 Å². The van der Waals surface area contributed by atoms with Crippen LogP contribution in [0.15, 0.2) is 45.9 Å². The molecule has 0 aliphatic carbocycles. The topological polar surface area (TPSA) is 69.1 Å². The van der Waals surface area contributed by atoms with Crippen molar-refractivity contribution < 1.29 is 4.74 Å². The number of hydrogen-bond donors (Lipinski definition) is 1. The van der Waals surface area contributed by atoms with E-state index in [-0.39, 0.29) is 6.29 Å². The molecule has 0 aromatic carbocycles. The molecule has 0 bridgehead atoms. The Hall–Kier alpha value is -2.51. The summed E-state index contributed by atoms with van der Waals surface area (Å²) in [6.45, 7) is 7.62. The van der Waals surface area contributed by atoms with Crippen LogP contribution in [0.2, 0.25) is 0 Å². The highest BCUT2D eigenvalue weighted by Gasteiger charge is 2.37. The van der Waals surface area contributed by atoms with E-state index < -0.39 is 0 Å². The van der Waals surface area contributed by atoms with Crippen molar-refractivity contribution in [2.75, 3.05) is 26.3 Å². The van der Waals surface area contributed by atoms with Gasteiger partial charge in [0.1, 0.15) is 11.5 Å². The van der Waals surface area contributed by atoms with E-state index in [1.165, 1.54) is 5.57 Å². The van der Waals surface area contributed by atoms with E-state index in [1.54, 1.807) is 0 Å². The molecule has 7 heteroatoms. The van der Waals surface area contributed by atoms with Crippen molar-refractivity contribution in [2.24, 2.45) is 9.98 Å². The molecular weight excluding hydrogens is 340 g/mol. The highest BCUT2D eigenvalue weighted by atomic mass is 16.5. The average Bonchev–Trinajstić information content (AvgIpc) is 3.36. The van der Waals surface area contributed by atoms with Crippen molar-refractivity contribution >= 4 is 23.0 Å². The first-order chi connectivity index (χ1) is 13.3. The van der Waals surface area contributed by atoms with Crippen LogP contribution < -0.4 is 0 Å². The predicted molar refractivity (Wildman–Crippen MR) is 106 cm³/mol. The molecule has 0 saturated carbocycles. The van der Waals surface area contributed by atoms with Gasteiger partial charge in [-0.05, 0) is 26.0 Å². The molecule has 2 aromatic rings. The fraction of sp³-hybridized carbons (Fsp3) is 0.450. The number of fused-ring (bicyclic) bond motifs is 1. The highest BCUT2D eigenvalue weighted by molar-refractivity contribution is 6.20. The van der Waals surface area contributed by atoms with E-state index in [0.717, 1.165) is 60.9 Å². The fourth-order valence-corrected chi connectivity index (χ4v) is 4.26. The second kappa shape index (κ2) is 6.58. The molecule has 0 amide bonds. The minimum atomic E-state index is -0.0555. The summed E-state index contributed by atoms with van der Waals surface area (Å²) in [4.78, 5) is 22.4. The molecule has 1 N–H and O–H groups in total. The van der Waals surface area contributed by atoms with Crippen LogP contribution in [0.1, 0.15) is 25.8 Å². The Labute approximate surface area is 158 Å². The van der Waals surface area contributed by atoms with Crippen LogP contribution in [0.3, 0.4) is 0 Å². The zero-order valence-electron chi connectivity index (χ0n) is 15.7. The Morgan fingerprint density at radius 1 is 1.33 bits per heavy atom. The summed E-state index contributed by atoms with van der Waals surface area (Å²) in [5.74, 6) is 1.06. The van der Waals surface area contributed by atoms with Crippen LogP contribution in [0, 0.1) is 0 Å². The largest absolute Gasteiger partial charge is 0.379 e. The number of pyridine rings is 1. The number of nitrogens with one attached hydrogen (secondary N) is 1. The number of allylic oxidation sites excluding steroid dienone is 1. The normalized spacial score (nSPS) is 26.0. The first-order valence-corrected chi connectivity index (χ1v) is 9.64. The molecule has 2 aromatic heterocycles. The van der Waals surface area contributed by atoms with Crippen molar-refractivity contribution in [3.05, 3.63) is 41.5 Å². The van der Waals surface area contributed by atoms with Gasteiger partial charge in [-0.2, -0.15) is 0 Å². The molecule has 1 unspecified atom stereocenters. The molecule has 2 atom stereocenters. The van der Waals surface area contributed by atoms with Crippen molar-refractivity contribution in [3.8, 4) is 0 Å². The summed E-state index contributed by atoms with van der Waals surface area (Å²) in [5, 5.41) is 1.11. The number of nitrogens with zero attached hydrogens (tertiary/aromatic N) is 5. The molecule has 0 radical (unpaired) electrons. The lowest BCUT2D eigenvalue weighted by atomic mass is 9.97. The molecule has 1 fully saturated rings. The Bertz CT molecular complexity index is 958. The zero-order valence-corrected chi connectivity index (χ0v) is 15.7. The summed E-state index contributed by atoms with van der Waals surface area (Å²) in [6, 6.07) is 4.47. The predicted octanol–water partition coefficient (Wildman–Crippen LogP) is 2.38. The highest BCUT2D eigenvalue weighted by Crippen LogP contribution is 2.34. The molecule has 0 spiro atoms. The molecule has 5 heterocycles. The monoisotopic (exact) mass is 364 g/mol. The van der Waals surface area contributed by atoms with E-state index >= 15 is 0 Å². The quantitative estimate of drug-likeness (QED) is 0.908. The van der Waals surface area contributed by atoms with Gasteiger partial charge in [0, 0.05) is 60.7 Å². The van der Waals surface area contributed by atoms with Crippen LogP contribution in [0.4, 0.5) is 0 Å². The smallest absolute Gasteiger partial charge is 0.180 e. The number of morpholine rings is 1. The van der Waals surface area contributed by atoms with Gasteiger partial charge in [0.25, 0.3) is 0 Å². The standard InChI is InChI=1S/C20H24N6O/c1-3-25-19-16(6-9-23-19)17(14-4-7-21-18-15(14)5-8-22-18)24-20(25)26-10-11-27-12-13(26)2/h4-5,7-9,13,20H,3,6,10-12H2,1-2H3,(H,21,22)/t13?,20-/m1/s1. The molecule has 3 aliphatic rings. The van der Waals surface area contributed by atoms with E-state index in [1.807, 2.05) is 18.6 Å². The molecule has 27 heavy (non-hydrogen) atoms. The molecule has 3 aliphatic heterocycles. The molecule has 7 nitrogen and oxygen atoms in total. The number of hydrogen-bond acceptors (Lipinski definition) is 6. The minimum Gasteiger partial charge on any atom is -0.379 e. The summed E-state index contributed by atoms with van der Waals surface area (Å²) < 4.78 is 5.65. The van der Waals surface area contributed by atoms with E-state index in [0.29, 0.717) is 6.04 Å². The van der Waals surface area contributed by atoms with E-state index in [2.05, 4.69) is 45.7 Å². The third-order valence-corrected chi connectivity index (χ3v) is 5.63. The molecular formula is C20H24N6O. The van der Waals surface area contributed by atoms with Crippen LogP contribution in [-0.4, -0.2) is 70.3 Å². The van der Waals surface area contributed by atoms with Gasteiger partial charge in [0.05, 0.1) is 18.9 Å². The maximum Gasteiger partial charge on any atom is 0.180 e. The molecule has 5 rings (SSSR count). The Morgan fingerprint density at radius 3 is 3.11 bits per heavy atom. The zero-order chi connectivity index (χ0) is 18.4. The fourth-order valence-electron chi connectivity index (χ4n) is 4.26. The number of aromatic amines is 1. The van der Waals surface area contributed by atoms with Crippen molar-refractivity contribution in [2.45, 2.75) is 32.6 Å². The second-order valence-electron chi connectivity index (χ2n) is 7.19. The Morgan fingerprint density at radius 2 is 2.26 bits per heavy atom. The third-order valence-electron chi connectivity index (χ3n) is 5.63. The Balaban J connectivity index is 1.65. The van der Waals surface area contributed by atoms with Crippen molar-refractivity contribution in [1.82, 2.24) is 19.8 Å². The van der Waals surface area contributed by atoms with Crippen LogP contribution >= 0.6 is 0 Å². The van der Waals surface area contributed by atoms with Gasteiger partial charge >= 0.3 is 0 Å². The average molecular weight is 364 g/mol. The van der Waals surface area contributed by atoms with E-state index in [4.69, 9.17) is 14.7 Å². The maximum absolute atomic E-state index is 5.65. The third kappa shape index (κ3) is 2.61. The van der Waals surface area contributed by atoms with Gasteiger partial charge in [0.15, 0.2) is 6.29 Å². The summed E-state index contributed by atoms with van der Waals surface area (Å²) >= 11 is 0. The summed E-state index contributed by atoms with van der Waals surface area (Å²) in [5.41, 5.74) is 4.27. The number of rotatable bonds is 3. The first kappa shape index (κ1) is 16.6. The van der Waals surface area contributed by atoms with E-state index in [9.17, 15) is 0 Å². The van der Waals surface area contributed by atoms with Gasteiger partial charge < -0.3 is 14.6 Å². The molecule has 1 saturated heterocycles.